The van der Waals surface area contributed by atoms with Crippen LogP contribution in [0, 0.1) is 0 Å². The van der Waals surface area contributed by atoms with E-state index in [1.807, 2.05) is 0 Å². The second-order valence-corrected chi connectivity index (χ2v) is 2.95. The van der Waals surface area contributed by atoms with Crippen LogP contribution in [0.15, 0.2) is 16.5 Å². The first-order valence-electron chi connectivity index (χ1n) is 4.64. The van der Waals surface area contributed by atoms with Gasteiger partial charge in [-0.15, -0.1) is 0 Å². The Bertz CT molecular complexity index is 367. The smallest absolute Gasteiger partial charge is 0.374 e. The minimum Gasteiger partial charge on any atom is -0.475 e. The summed E-state index contributed by atoms with van der Waals surface area (Å²) in [6.07, 6.45) is 0.578. The van der Waals surface area contributed by atoms with Gasteiger partial charge in [-0.1, -0.05) is 0 Å². The molecule has 0 amide bonds. The Balaban J connectivity index is 2.43. The minimum atomic E-state index is -1.22. The van der Waals surface area contributed by atoms with Crippen LogP contribution in [0.25, 0.3) is 0 Å². The predicted molar refractivity (Wildman–Crippen MR) is 52.4 cm³/mol. The molecule has 0 unspecified atom stereocenters. The molecule has 16 heavy (non-hydrogen) atoms. The molecule has 88 valence electrons. The van der Waals surface area contributed by atoms with Gasteiger partial charge in [-0.2, -0.15) is 0 Å². The van der Waals surface area contributed by atoms with Crippen molar-refractivity contribution >= 4 is 11.9 Å². The molecule has 0 saturated heterocycles. The second-order valence-electron chi connectivity index (χ2n) is 2.95. The highest BCUT2D eigenvalue weighted by Crippen LogP contribution is 2.09. The van der Waals surface area contributed by atoms with Crippen LogP contribution >= 0.6 is 0 Å². The predicted octanol–water partition coefficient (Wildman–Crippen LogP) is 1.17. The van der Waals surface area contributed by atoms with Crippen molar-refractivity contribution in [3.8, 4) is 0 Å². The summed E-state index contributed by atoms with van der Waals surface area (Å²) in [5, 5.41) is 8.56. The second kappa shape index (κ2) is 5.92. The number of furan rings is 1. The van der Waals surface area contributed by atoms with E-state index in [0.29, 0.717) is 13.0 Å². The molecule has 0 spiro atoms. The van der Waals surface area contributed by atoms with Gasteiger partial charge in [0.25, 0.3) is 0 Å². The molecule has 0 saturated carbocycles. The number of methoxy groups -OCH3 is 1. The highest BCUT2D eigenvalue weighted by molar-refractivity contribution is 5.89. The van der Waals surface area contributed by atoms with Crippen LogP contribution in [0.4, 0.5) is 0 Å². The molecular weight excluding hydrogens is 216 g/mol. The van der Waals surface area contributed by atoms with E-state index in [1.54, 1.807) is 7.11 Å². The first kappa shape index (κ1) is 12.3. The Hall–Kier alpha value is -1.82. The number of carbonyl (C=O) groups is 2. The van der Waals surface area contributed by atoms with Gasteiger partial charge >= 0.3 is 11.9 Å². The zero-order chi connectivity index (χ0) is 12.0. The maximum atomic E-state index is 11.3. The molecule has 1 rings (SSSR count). The summed E-state index contributed by atoms with van der Waals surface area (Å²) in [6.45, 7) is 0.696. The number of hydrogen-bond acceptors (Lipinski definition) is 5. The molecule has 1 aromatic rings. The normalized spacial score (nSPS) is 10.1. The Labute approximate surface area is 91.8 Å². The van der Waals surface area contributed by atoms with Gasteiger partial charge in [0.15, 0.2) is 0 Å². The Morgan fingerprint density at radius 1 is 1.31 bits per heavy atom. The van der Waals surface area contributed by atoms with Crippen LogP contribution < -0.4 is 0 Å². The van der Waals surface area contributed by atoms with Crippen molar-refractivity contribution in [2.75, 3.05) is 20.3 Å². The molecule has 6 nitrogen and oxygen atoms in total. The molecule has 1 aromatic heterocycles. The van der Waals surface area contributed by atoms with Crippen molar-refractivity contribution in [2.24, 2.45) is 0 Å². The van der Waals surface area contributed by atoms with Crippen LogP contribution in [0.5, 0.6) is 0 Å². The summed E-state index contributed by atoms with van der Waals surface area (Å²) in [5.41, 5.74) is 0. The van der Waals surface area contributed by atoms with Gasteiger partial charge in [0.2, 0.25) is 11.5 Å². The number of rotatable bonds is 6. The lowest BCUT2D eigenvalue weighted by Gasteiger charge is -2.01. The van der Waals surface area contributed by atoms with E-state index < -0.39 is 11.9 Å². The summed E-state index contributed by atoms with van der Waals surface area (Å²) in [7, 11) is 1.55. The van der Waals surface area contributed by atoms with Crippen molar-refractivity contribution in [1.82, 2.24) is 0 Å². The van der Waals surface area contributed by atoms with Gasteiger partial charge in [0.05, 0.1) is 6.61 Å². The summed E-state index contributed by atoms with van der Waals surface area (Å²) in [6, 6.07) is 2.47. The van der Waals surface area contributed by atoms with Crippen LogP contribution in [0.1, 0.15) is 27.5 Å². The van der Waals surface area contributed by atoms with Crippen LogP contribution in [0.2, 0.25) is 0 Å². The molecular formula is C10H12O6. The van der Waals surface area contributed by atoms with Gasteiger partial charge < -0.3 is 19.0 Å². The Kier molecular flexibility index (Phi) is 4.53. The first-order chi connectivity index (χ1) is 7.65. The lowest BCUT2D eigenvalue weighted by Crippen LogP contribution is -2.07. The first-order valence-corrected chi connectivity index (χ1v) is 4.64. The van der Waals surface area contributed by atoms with E-state index in [9.17, 15) is 9.59 Å². The Morgan fingerprint density at radius 2 is 2.00 bits per heavy atom. The summed E-state index contributed by atoms with van der Waals surface area (Å²) < 4.78 is 14.3. The number of ether oxygens (including phenoxy) is 2. The van der Waals surface area contributed by atoms with Crippen molar-refractivity contribution in [1.29, 1.82) is 0 Å². The molecule has 0 atom stereocenters. The largest absolute Gasteiger partial charge is 0.475 e. The molecule has 0 aliphatic rings. The van der Waals surface area contributed by atoms with Gasteiger partial charge in [0, 0.05) is 20.1 Å². The lowest BCUT2D eigenvalue weighted by atomic mass is 10.4. The van der Waals surface area contributed by atoms with Gasteiger partial charge in [-0.25, -0.2) is 9.59 Å². The molecule has 6 heteroatoms. The number of aromatic carboxylic acids is 1. The van der Waals surface area contributed by atoms with Gasteiger partial charge in [0.1, 0.15) is 0 Å². The molecule has 0 aromatic carbocycles. The summed E-state index contributed by atoms with van der Waals surface area (Å²) >= 11 is 0. The number of carboxylic acids is 1. The topological polar surface area (TPSA) is 86.0 Å². The average molecular weight is 228 g/mol. The fraction of sp³-hybridized carbons (Fsp3) is 0.400. The quantitative estimate of drug-likeness (QED) is 0.581. The zero-order valence-corrected chi connectivity index (χ0v) is 8.76. The van der Waals surface area contributed by atoms with Crippen molar-refractivity contribution < 1.29 is 28.6 Å². The molecule has 0 aliphatic carbocycles. The number of carboxylic acid groups (broad SMARTS) is 1. The van der Waals surface area contributed by atoms with Crippen molar-refractivity contribution in [2.45, 2.75) is 6.42 Å². The lowest BCUT2D eigenvalue weighted by molar-refractivity contribution is 0.0428. The highest BCUT2D eigenvalue weighted by Gasteiger charge is 2.15. The van der Waals surface area contributed by atoms with Crippen LogP contribution in [-0.2, 0) is 9.47 Å². The van der Waals surface area contributed by atoms with E-state index >= 15 is 0 Å². The average Bonchev–Trinajstić information content (AvgIpc) is 2.73. The fourth-order valence-corrected chi connectivity index (χ4v) is 1.00. The van der Waals surface area contributed by atoms with Crippen LogP contribution in [-0.4, -0.2) is 37.4 Å². The molecule has 1 heterocycles. The molecule has 1 N–H and O–H groups in total. The SMILES string of the molecule is COCCCOC(=O)c1ccc(C(=O)O)o1. The van der Waals surface area contributed by atoms with E-state index in [-0.39, 0.29) is 18.1 Å². The number of esters is 1. The third kappa shape index (κ3) is 3.39. The van der Waals surface area contributed by atoms with Gasteiger partial charge in [-0.3, -0.25) is 0 Å². The maximum Gasteiger partial charge on any atom is 0.374 e. The van der Waals surface area contributed by atoms with Crippen molar-refractivity contribution in [3.05, 3.63) is 23.7 Å². The summed E-state index contributed by atoms with van der Waals surface area (Å²) in [5.74, 6) is -2.30. The summed E-state index contributed by atoms with van der Waals surface area (Å²) in [4.78, 5) is 21.8. The van der Waals surface area contributed by atoms with E-state index in [1.165, 1.54) is 12.1 Å². The number of carbonyl (C=O) groups excluding carboxylic acids is 1. The van der Waals surface area contributed by atoms with Crippen molar-refractivity contribution in [3.63, 3.8) is 0 Å². The number of hydrogen-bond donors (Lipinski definition) is 1. The standard InChI is InChI=1S/C10H12O6/c1-14-5-2-6-15-10(13)8-4-3-7(16-8)9(11)12/h3-4H,2,5-6H2,1H3,(H,11,12). The maximum absolute atomic E-state index is 11.3. The molecule has 0 bridgehead atoms. The Morgan fingerprint density at radius 3 is 2.56 bits per heavy atom. The fourth-order valence-electron chi connectivity index (χ4n) is 1.00. The third-order valence-electron chi connectivity index (χ3n) is 1.74. The zero-order valence-electron chi connectivity index (χ0n) is 8.76. The van der Waals surface area contributed by atoms with E-state index in [0.717, 1.165) is 0 Å². The third-order valence-corrected chi connectivity index (χ3v) is 1.74. The van der Waals surface area contributed by atoms with Crippen LogP contribution in [0.3, 0.4) is 0 Å². The van der Waals surface area contributed by atoms with E-state index in [4.69, 9.17) is 19.0 Å². The molecule has 0 fully saturated rings. The van der Waals surface area contributed by atoms with E-state index in [2.05, 4.69) is 0 Å². The minimum absolute atomic E-state index is 0.116. The monoisotopic (exact) mass is 228 g/mol. The molecule has 0 radical (unpaired) electrons. The molecule has 0 aliphatic heterocycles. The highest BCUT2D eigenvalue weighted by atomic mass is 16.5. The van der Waals surface area contributed by atoms with Gasteiger partial charge in [-0.05, 0) is 12.1 Å².